The Morgan fingerprint density at radius 2 is 2.10 bits per heavy atom. The van der Waals surface area contributed by atoms with Crippen LogP contribution in [0.4, 0.5) is 0 Å². The molecule has 0 saturated heterocycles. The molecule has 0 aliphatic heterocycles. The van der Waals surface area contributed by atoms with Gasteiger partial charge in [-0.05, 0) is 33.8 Å². The van der Waals surface area contributed by atoms with E-state index in [0.29, 0.717) is 5.78 Å². The molecule has 0 aromatic carbocycles. The summed E-state index contributed by atoms with van der Waals surface area (Å²) in [6.07, 6.45) is 1.58. The highest BCUT2D eigenvalue weighted by molar-refractivity contribution is 5.95. The van der Waals surface area contributed by atoms with E-state index in [4.69, 9.17) is 0 Å². The number of likely N-dealkylation sites (N-methyl/N-ethyl adjacent to an activating group) is 1. The van der Waals surface area contributed by atoms with Crippen LogP contribution in [0.1, 0.15) is 37.1 Å². The second kappa shape index (κ2) is 5.12. The molecule has 0 unspecified atom stereocenters. The molecule has 0 saturated carbocycles. The highest BCUT2D eigenvalue weighted by Gasteiger charge is 2.38. The summed E-state index contributed by atoms with van der Waals surface area (Å²) in [5.74, 6) is -1.37. The van der Waals surface area contributed by atoms with Gasteiger partial charge in [-0.1, -0.05) is 0 Å². The zero-order valence-electron chi connectivity index (χ0n) is 12.4. The average molecular weight is 291 g/mol. The maximum atomic E-state index is 12.5. The number of hydrogen-bond acceptors (Lipinski definition) is 5. The van der Waals surface area contributed by atoms with Gasteiger partial charge in [0.25, 0.3) is 11.7 Å². The molecule has 2 rings (SSSR count). The van der Waals surface area contributed by atoms with E-state index in [1.807, 2.05) is 6.92 Å². The highest BCUT2D eigenvalue weighted by atomic mass is 16.4. The number of carboxylic acids is 1. The summed E-state index contributed by atoms with van der Waals surface area (Å²) in [5, 5.41) is 13.4. The number of amides is 1. The molecule has 2 heterocycles. The van der Waals surface area contributed by atoms with Crippen LogP contribution in [0.3, 0.4) is 0 Å². The van der Waals surface area contributed by atoms with Crippen molar-refractivity contribution in [1.29, 1.82) is 0 Å². The second-order valence-corrected chi connectivity index (χ2v) is 5.15. The Morgan fingerprint density at radius 1 is 1.43 bits per heavy atom. The molecule has 0 fully saturated rings. The quantitative estimate of drug-likeness (QED) is 0.892. The normalized spacial score (nSPS) is 11.6. The number of carbonyl (C=O) groups is 2. The van der Waals surface area contributed by atoms with Gasteiger partial charge in [0.2, 0.25) is 5.82 Å². The fourth-order valence-corrected chi connectivity index (χ4v) is 2.03. The first-order valence-corrected chi connectivity index (χ1v) is 6.52. The summed E-state index contributed by atoms with van der Waals surface area (Å²) in [5.41, 5.74) is -0.557. The van der Waals surface area contributed by atoms with Crippen molar-refractivity contribution in [3.63, 3.8) is 0 Å². The molecule has 8 nitrogen and oxygen atoms in total. The minimum Gasteiger partial charge on any atom is -0.480 e. The molecule has 2 aromatic heterocycles. The molecule has 0 bridgehead atoms. The molecular weight excluding hydrogens is 274 g/mol. The van der Waals surface area contributed by atoms with E-state index >= 15 is 0 Å². The molecule has 1 N–H and O–H groups in total. The van der Waals surface area contributed by atoms with Crippen LogP contribution >= 0.6 is 0 Å². The molecule has 0 spiro atoms. The number of hydrogen-bond donors (Lipinski definition) is 1. The summed E-state index contributed by atoms with van der Waals surface area (Å²) in [4.78, 5) is 33.2. The largest absolute Gasteiger partial charge is 0.480 e. The van der Waals surface area contributed by atoms with Gasteiger partial charge in [0.1, 0.15) is 5.54 Å². The predicted molar refractivity (Wildman–Crippen MR) is 73.9 cm³/mol. The minimum absolute atomic E-state index is 0.0621. The number of aliphatic carboxylic acids is 1. The summed E-state index contributed by atoms with van der Waals surface area (Å²) >= 11 is 0. The number of aromatic nitrogens is 4. The molecular formula is C13H17N5O3. The number of nitrogens with zero attached hydrogens (tertiary/aromatic N) is 5. The van der Waals surface area contributed by atoms with Gasteiger partial charge in [0.15, 0.2) is 0 Å². The van der Waals surface area contributed by atoms with Crippen LogP contribution in [0.5, 0.6) is 0 Å². The van der Waals surface area contributed by atoms with Crippen molar-refractivity contribution < 1.29 is 14.7 Å². The lowest BCUT2D eigenvalue weighted by molar-refractivity contribution is -0.147. The molecule has 0 aliphatic rings. The lowest BCUT2D eigenvalue weighted by atomic mass is 10.0. The zero-order valence-corrected chi connectivity index (χ0v) is 12.4. The Kier molecular flexibility index (Phi) is 3.63. The van der Waals surface area contributed by atoms with E-state index in [-0.39, 0.29) is 12.4 Å². The topological polar surface area (TPSA) is 101 Å². The molecule has 2 aromatic rings. The summed E-state index contributed by atoms with van der Waals surface area (Å²) < 4.78 is 1.45. The Hall–Kier alpha value is -2.51. The highest BCUT2D eigenvalue weighted by Crippen LogP contribution is 2.17. The molecule has 112 valence electrons. The second-order valence-electron chi connectivity index (χ2n) is 5.15. The number of aryl methyl sites for hydroxylation is 1. The first-order chi connectivity index (χ1) is 9.78. The lowest BCUT2D eigenvalue weighted by Gasteiger charge is -2.33. The van der Waals surface area contributed by atoms with Crippen molar-refractivity contribution >= 4 is 17.7 Å². The van der Waals surface area contributed by atoms with Crippen molar-refractivity contribution in [2.45, 2.75) is 33.2 Å². The monoisotopic (exact) mass is 291 g/mol. The van der Waals surface area contributed by atoms with Crippen LogP contribution in [-0.2, 0) is 4.79 Å². The third-order valence-corrected chi connectivity index (χ3v) is 3.38. The van der Waals surface area contributed by atoms with Crippen molar-refractivity contribution in [2.75, 3.05) is 6.54 Å². The smallest absolute Gasteiger partial charge is 0.329 e. The van der Waals surface area contributed by atoms with Gasteiger partial charge >= 0.3 is 5.97 Å². The Balaban J connectivity index is 2.45. The van der Waals surface area contributed by atoms with Crippen LogP contribution in [0.2, 0.25) is 0 Å². The van der Waals surface area contributed by atoms with E-state index in [1.54, 1.807) is 19.2 Å². The lowest BCUT2D eigenvalue weighted by Crippen LogP contribution is -2.53. The van der Waals surface area contributed by atoms with E-state index in [2.05, 4.69) is 15.1 Å². The van der Waals surface area contributed by atoms with E-state index in [1.165, 1.54) is 23.3 Å². The molecule has 0 aliphatic carbocycles. The molecule has 0 radical (unpaired) electrons. The van der Waals surface area contributed by atoms with Crippen molar-refractivity contribution in [1.82, 2.24) is 24.5 Å². The number of carbonyl (C=O) groups excluding carboxylic acids is 1. The van der Waals surface area contributed by atoms with Gasteiger partial charge in [-0.2, -0.15) is 4.98 Å². The summed E-state index contributed by atoms with van der Waals surface area (Å²) in [7, 11) is 0. The van der Waals surface area contributed by atoms with E-state index < -0.39 is 17.4 Å². The predicted octanol–water partition coefficient (Wildman–Crippen LogP) is 0.758. The van der Waals surface area contributed by atoms with Crippen LogP contribution in [0.15, 0.2) is 12.3 Å². The maximum absolute atomic E-state index is 12.5. The SMILES string of the molecule is CCN(C(=O)c1nc2nccc(C)n2n1)C(C)(C)C(=O)O. The van der Waals surface area contributed by atoms with Crippen LogP contribution in [-0.4, -0.2) is 53.5 Å². The van der Waals surface area contributed by atoms with Crippen LogP contribution in [0.25, 0.3) is 5.78 Å². The molecule has 21 heavy (non-hydrogen) atoms. The standard InChI is InChI=1S/C13H17N5O3/c1-5-17(13(3,4)11(20)21)10(19)9-15-12-14-7-6-8(2)18(12)16-9/h6-7H,5H2,1-4H3,(H,20,21). The van der Waals surface area contributed by atoms with E-state index in [0.717, 1.165) is 5.69 Å². The van der Waals surface area contributed by atoms with Crippen LogP contribution < -0.4 is 0 Å². The number of fused-ring (bicyclic) bond motifs is 1. The molecule has 1 amide bonds. The van der Waals surface area contributed by atoms with Gasteiger partial charge in [0, 0.05) is 18.4 Å². The molecule has 8 heteroatoms. The Morgan fingerprint density at radius 3 is 2.62 bits per heavy atom. The minimum atomic E-state index is -1.34. The first-order valence-electron chi connectivity index (χ1n) is 6.52. The van der Waals surface area contributed by atoms with Crippen molar-refractivity contribution in [3.8, 4) is 0 Å². The first kappa shape index (κ1) is 14.9. The van der Waals surface area contributed by atoms with E-state index in [9.17, 15) is 14.7 Å². The fourth-order valence-electron chi connectivity index (χ4n) is 2.03. The van der Waals surface area contributed by atoms with Gasteiger partial charge in [-0.3, -0.25) is 4.79 Å². The maximum Gasteiger partial charge on any atom is 0.329 e. The summed E-state index contributed by atoms with van der Waals surface area (Å²) in [6.45, 7) is 6.70. The number of carboxylic acid groups (broad SMARTS) is 1. The van der Waals surface area contributed by atoms with Crippen molar-refractivity contribution in [2.24, 2.45) is 0 Å². The molecule has 0 atom stereocenters. The van der Waals surface area contributed by atoms with Crippen LogP contribution in [0, 0.1) is 6.92 Å². The number of rotatable bonds is 4. The zero-order chi connectivity index (χ0) is 15.8. The Labute approximate surface area is 121 Å². The third-order valence-electron chi connectivity index (χ3n) is 3.38. The fraction of sp³-hybridized carbons (Fsp3) is 0.462. The van der Waals surface area contributed by atoms with Gasteiger partial charge in [-0.25, -0.2) is 14.3 Å². The van der Waals surface area contributed by atoms with Gasteiger partial charge in [-0.15, -0.1) is 5.10 Å². The summed E-state index contributed by atoms with van der Waals surface area (Å²) in [6, 6.07) is 1.74. The third kappa shape index (κ3) is 2.44. The van der Waals surface area contributed by atoms with Crippen molar-refractivity contribution in [3.05, 3.63) is 23.8 Å². The van der Waals surface area contributed by atoms with Gasteiger partial charge < -0.3 is 10.0 Å². The van der Waals surface area contributed by atoms with Gasteiger partial charge in [0.05, 0.1) is 0 Å². The Bertz CT molecular complexity index is 707. The average Bonchev–Trinajstić information content (AvgIpc) is 2.84.